The van der Waals surface area contributed by atoms with Crippen LogP contribution in [0.15, 0.2) is 11.6 Å². The van der Waals surface area contributed by atoms with Gasteiger partial charge in [-0.3, -0.25) is 9.69 Å². The Kier molecular flexibility index (Phi) is 5.15. The molecular weight excluding hydrogens is 218 g/mol. The summed E-state index contributed by atoms with van der Waals surface area (Å²) in [5.74, 6) is -0.791. The monoisotopic (exact) mass is 241 g/mol. The molecule has 1 aliphatic heterocycles. The highest BCUT2D eigenvalue weighted by molar-refractivity contribution is 5.69. The van der Waals surface area contributed by atoms with E-state index in [1.54, 1.807) is 0 Å². The lowest BCUT2D eigenvalue weighted by atomic mass is 9.77. The molecule has 1 atom stereocenters. The van der Waals surface area contributed by atoms with Crippen LogP contribution in [0.5, 0.6) is 0 Å². The van der Waals surface area contributed by atoms with Crippen LogP contribution < -0.4 is 0 Å². The van der Waals surface area contributed by atoms with Gasteiger partial charge >= 0.3 is 5.97 Å². The summed E-state index contributed by atoms with van der Waals surface area (Å²) in [6.07, 6.45) is 4.91. The highest BCUT2D eigenvalue weighted by Crippen LogP contribution is 2.33. The van der Waals surface area contributed by atoms with Crippen LogP contribution in [0.1, 0.15) is 33.1 Å². The second kappa shape index (κ2) is 6.17. The Hall–Kier alpha value is -0.870. The van der Waals surface area contributed by atoms with Crippen molar-refractivity contribution in [2.75, 3.05) is 26.2 Å². The van der Waals surface area contributed by atoms with Crippen molar-refractivity contribution in [3.63, 3.8) is 0 Å². The Morgan fingerprint density at radius 1 is 1.47 bits per heavy atom. The van der Waals surface area contributed by atoms with Crippen molar-refractivity contribution in [3.8, 4) is 0 Å². The van der Waals surface area contributed by atoms with Crippen molar-refractivity contribution in [2.45, 2.75) is 33.1 Å². The minimum atomic E-state index is -0.791. The predicted octanol–water partition coefficient (Wildman–Crippen LogP) is 1.50. The molecule has 0 bridgehead atoms. The SMILES string of the molecule is CC(C)=CC[C@]1(CO)CCCN(CC(=O)O)C1. The first-order valence-electron chi connectivity index (χ1n) is 6.16. The van der Waals surface area contributed by atoms with Gasteiger partial charge in [-0.2, -0.15) is 0 Å². The lowest BCUT2D eigenvalue weighted by Gasteiger charge is -2.41. The van der Waals surface area contributed by atoms with Gasteiger partial charge in [-0.15, -0.1) is 0 Å². The normalized spacial score (nSPS) is 25.6. The van der Waals surface area contributed by atoms with Crippen molar-refractivity contribution >= 4 is 5.97 Å². The van der Waals surface area contributed by atoms with E-state index in [4.69, 9.17) is 5.11 Å². The van der Waals surface area contributed by atoms with E-state index in [2.05, 4.69) is 6.08 Å². The number of likely N-dealkylation sites (tertiary alicyclic amines) is 1. The zero-order valence-corrected chi connectivity index (χ0v) is 10.8. The van der Waals surface area contributed by atoms with E-state index < -0.39 is 5.97 Å². The summed E-state index contributed by atoms with van der Waals surface area (Å²) in [5.41, 5.74) is 1.10. The number of nitrogens with zero attached hydrogens (tertiary/aromatic N) is 1. The highest BCUT2D eigenvalue weighted by atomic mass is 16.4. The van der Waals surface area contributed by atoms with Crippen LogP contribution in [0, 0.1) is 5.41 Å². The molecule has 17 heavy (non-hydrogen) atoms. The van der Waals surface area contributed by atoms with Gasteiger partial charge in [0, 0.05) is 12.0 Å². The molecule has 1 aliphatic rings. The molecule has 0 spiro atoms. The lowest BCUT2D eigenvalue weighted by molar-refractivity contribution is -0.139. The number of aliphatic carboxylic acids is 1. The number of hydrogen-bond donors (Lipinski definition) is 2. The van der Waals surface area contributed by atoms with Crippen LogP contribution in [-0.2, 0) is 4.79 Å². The summed E-state index contributed by atoms with van der Waals surface area (Å²) in [6, 6.07) is 0. The molecule has 0 aliphatic carbocycles. The average Bonchev–Trinajstić information content (AvgIpc) is 2.26. The number of hydrogen-bond acceptors (Lipinski definition) is 3. The molecule has 4 nitrogen and oxygen atoms in total. The van der Waals surface area contributed by atoms with Gasteiger partial charge in [-0.1, -0.05) is 11.6 Å². The number of carbonyl (C=O) groups is 1. The van der Waals surface area contributed by atoms with E-state index in [9.17, 15) is 9.90 Å². The molecule has 0 amide bonds. The largest absolute Gasteiger partial charge is 0.480 e. The van der Waals surface area contributed by atoms with Gasteiger partial charge < -0.3 is 10.2 Å². The molecular formula is C13H23NO3. The Morgan fingerprint density at radius 2 is 2.18 bits per heavy atom. The number of aliphatic hydroxyl groups is 1. The minimum absolute atomic E-state index is 0.0799. The van der Waals surface area contributed by atoms with E-state index in [-0.39, 0.29) is 18.6 Å². The van der Waals surface area contributed by atoms with Crippen molar-refractivity contribution in [3.05, 3.63) is 11.6 Å². The molecule has 1 saturated heterocycles. The van der Waals surface area contributed by atoms with Crippen molar-refractivity contribution < 1.29 is 15.0 Å². The quantitative estimate of drug-likeness (QED) is 0.716. The van der Waals surface area contributed by atoms with Crippen molar-refractivity contribution in [2.24, 2.45) is 5.41 Å². The molecule has 1 fully saturated rings. The summed E-state index contributed by atoms with van der Waals surface area (Å²) in [6.45, 7) is 5.80. The van der Waals surface area contributed by atoms with E-state index >= 15 is 0 Å². The van der Waals surface area contributed by atoms with Gasteiger partial charge in [-0.05, 0) is 39.7 Å². The molecule has 0 aromatic rings. The smallest absolute Gasteiger partial charge is 0.317 e. The Bertz CT molecular complexity index is 297. The maximum atomic E-state index is 10.7. The fourth-order valence-corrected chi connectivity index (χ4v) is 2.42. The first-order valence-corrected chi connectivity index (χ1v) is 6.16. The fourth-order valence-electron chi connectivity index (χ4n) is 2.42. The number of allylic oxidation sites excluding steroid dienone is 2. The third-order valence-corrected chi connectivity index (χ3v) is 3.38. The topological polar surface area (TPSA) is 60.8 Å². The third-order valence-electron chi connectivity index (χ3n) is 3.38. The van der Waals surface area contributed by atoms with Gasteiger partial charge in [0.1, 0.15) is 0 Å². The van der Waals surface area contributed by atoms with E-state index in [1.807, 2.05) is 18.7 Å². The molecule has 0 radical (unpaired) electrons. The molecule has 1 rings (SSSR count). The predicted molar refractivity (Wildman–Crippen MR) is 66.9 cm³/mol. The standard InChI is InChI=1S/C13H23NO3/c1-11(2)4-6-13(10-15)5-3-7-14(9-13)8-12(16)17/h4,15H,3,5-10H2,1-2H3,(H,16,17)/t13-/m1/s1. The summed E-state index contributed by atoms with van der Waals surface area (Å²) < 4.78 is 0. The van der Waals surface area contributed by atoms with E-state index in [0.29, 0.717) is 6.54 Å². The summed E-state index contributed by atoms with van der Waals surface area (Å²) in [5, 5.41) is 18.4. The van der Waals surface area contributed by atoms with Gasteiger partial charge in [0.05, 0.1) is 13.2 Å². The molecule has 0 unspecified atom stereocenters. The zero-order valence-electron chi connectivity index (χ0n) is 10.8. The Balaban J connectivity index is 2.64. The highest BCUT2D eigenvalue weighted by Gasteiger charge is 2.34. The first kappa shape index (κ1) is 14.2. The minimum Gasteiger partial charge on any atom is -0.480 e. The van der Waals surface area contributed by atoms with Crippen LogP contribution >= 0.6 is 0 Å². The molecule has 4 heteroatoms. The van der Waals surface area contributed by atoms with Gasteiger partial charge in [0.2, 0.25) is 0 Å². The van der Waals surface area contributed by atoms with Crippen LogP contribution in [0.25, 0.3) is 0 Å². The average molecular weight is 241 g/mol. The fraction of sp³-hybridized carbons (Fsp3) is 0.769. The number of aliphatic hydroxyl groups excluding tert-OH is 1. The van der Waals surface area contributed by atoms with Gasteiger partial charge in [0.15, 0.2) is 0 Å². The number of carboxylic acid groups (broad SMARTS) is 1. The molecule has 0 aromatic carbocycles. The Morgan fingerprint density at radius 3 is 2.71 bits per heavy atom. The van der Waals surface area contributed by atoms with Gasteiger partial charge in [-0.25, -0.2) is 0 Å². The summed E-state index contributed by atoms with van der Waals surface area (Å²) in [7, 11) is 0. The number of carboxylic acids is 1. The van der Waals surface area contributed by atoms with Crippen molar-refractivity contribution in [1.82, 2.24) is 4.90 Å². The lowest BCUT2D eigenvalue weighted by Crippen LogP contribution is -2.46. The summed E-state index contributed by atoms with van der Waals surface area (Å²) in [4.78, 5) is 12.6. The van der Waals surface area contributed by atoms with E-state index in [0.717, 1.165) is 25.8 Å². The van der Waals surface area contributed by atoms with Crippen LogP contribution in [-0.4, -0.2) is 47.3 Å². The number of rotatable bonds is 5. The van der Waals surface area contributed by atoms with Crippen LogP contribution in [0.3, 0.4) is 0 Å². The second-order valence-electron chi connectivity index (χ2n) is 5.35. The maximum absolute atomic E-state index is 10.7. The third kappa shape index (κ3) is 4.48. The first-order chi connectivity index (χ1) is 7.97. The zero-order chi connectivity index (χ0) is 12.9. The van der Waals surface area contributed by atoms with E-state index in [1.165, 1.54) is 5.57 Å². The van der Waals surface area contributed by atoms with Gasteiger partial charge in [0.25, 0.3) is 0 Å². The maximum Gasteiger partial charge on any atom is 0.317 e. The van der Waals surface area contributed by atoms with Crippen LogP contribution in [0.2, 0.25) is 0 Å². The number of piperidine rings is 1. The second-order valence-corrected chi connectivity index (χ2v) is 5.35. The van der Waals surface area contributed by atoms with Crippen LogP contribution in [0.4, 0.5) is 0 Å². The molecule has 0 saturated carbocycles. The molecule has 2 N–H and O–H groups in total. The molecule has 1 heterocycles. The summed E-state index contributed by atoms with van der Waals surface area (Å²) >= 11 is 0. The van der Waals surface area contributed by atoms with Crippen molar-refractivity contribution in [1.29, 1.82) is 0 Å². The molecule has 98 valence electrons. The molecule has 0 aromatic heterocycles. The Labute approximate surface area is 103 Å².